The fourth-order valence-corrected chi connectivity index (χ4v) is 4.06. The van der Waals surface area contributed by atoms with Gasteiger partial charge in [-0.1, -0.05) is 18.2 Å². The van der Waals surface area contributed by atoms with E-state index in [1.165, 1.54) is 35.1 Å². The summed E-state index contributed by atoms with van der Waals surface area (Å²) < 4.78 is 17.8. The van der Waals surface area contributed by atoms with Gasteiger partial charge in [-0.3, -0.25) is 14.4 Å². The van der Waals surface area contributed by atoms with Crippen LogP contribution in [0.15, 0.2) is 48.5 Å². The zero-order chi connectivity index (χ0) is 22.8. The van der Waals surface area contributed by atoms with Gasteiger partial charge >= 0.3 is 5.97 Å². The molecule has 166 valence electrons. The molecule has 1 N–H and O–H groups in total. The predicted octanol–water partition coefficient (Wildman–Crippen LogP) is 1.01. The van der Waals surface area contributed by atoms with E-state index in [1.807, 2.05) is 0 Å². The van der Waals surface area contributed by atoms with Gasteiger partial charge in [0.05, 0.1) is 19.2 Å². The van der Waals surface area contributed by atoms with E-state index in [1.54, 1.807) is 30.3 Å². The van der Waals surface area contributed by atoms with E-state index in [-0.39, 0.29) is 55.2 Å². The highest BCUT2D eigenvalue weighted by Crippen LogP contribution is 2.20. The second kappa shape index (κ2) is 8.78. The fourth-order valence-electron chi connectivity index (χ4n) is 4.06. The van der Waals surface area contributed by atoms with E-state index >= 15 is 0 Å². The van der Waals surface area contributed by atoms with Crippen LogP contribution in [0.1, 0.15) is 26.3 Å². The Labute approximate surface area is 183 Å². The number of carbonyl (C=O) groups excluding carboxylic acids is 4. The van der Waals surface area contributed by atoms with Crippen LogP contribution in [0.4, 0.5) is 4.39 Å². The molecule has 2 aliphatic heterocycles. The highest BCUT2D eigenvalue weighted by molar-refractivity contribution is 6.00. The van der Waals surface area contributed by atoms with E-state index in [0.29, 0.717) is 5.56 Å². The van der Waals surface area contributed by atoms with Gasteiger partial charge in [-0.2, -0.15) is 0 Å². The van der Waals surface area contributed by atoms with Gasteiger partial charge in [0.1, 0.15) is 17.9 Å². The molecule has 0 aromatic heterocycles. The third kappa shape index (κ3) is 4.18. The predicted molar refractivity (Wildman–Crippen MR) is 111 cm³/mol. The van der Waals surface area contributed by atoms with Gasteiger partial charge in [0, 0.05) is 25.1 Å². The first-order valence-electron chi connectivity index (χ1n) is 10.2. The molecule has 2 aromatic rings. The first kappa shape index (κ1) is 21.5. The Balaban J connectivity index is 1.45. The van der Waals surface area contributed by atoms with Gasteiger partial charge in [0.25, 0.3) is 5.91 Å². The van der Waals surface area contributed by atoms with Crippen molar-refractivity contribution < 1.29 is 28.3 Å². The van der Waals surface area contributed by atoms with Crippen molar-refractivity contribution in [2.24, 2.45) is 0 Å². The monoisotopic (exact) mass is 439 g/mol. The number of fused-ring (bicyclic) bond motifs is 1. The zero-order valence-corrected chi connectivity index (χ0v) is 17.4. The van der Waals surface area contributed by atoms with E-state index in [9.17, 15) is 23.6 Å². The summed E-state index contributed by atoms with van der Waals surface area (Å²) in [6.07, 6.45) is 0.261. The summed E-state index contributed by atoms with van der Waals surface area (Å²) in [6, 6.07) is 10.5. The number of nitrogens with one attached hydrogen (secondary N) is 1. The van der Waals surface area contributed by atoms with Crippen molar-refractivity contribution in [3.8, 4) is 0 Å². The van der Waals surface area contributed by atoms with Crippen LogP contribution in [0.25, 0.3) is 0 Å². The molecule has 0 radical (unpaired) electrons. The Morgan fingerprint density at radius 3 is 2.53 bits per heavy atom. The van der Waals surface area contributed by atoms with Crippen LogP contribution in [-0.2, 0) is 20.7 Å². The Kier molecular flexibility index (Phi) is 5.89. The lowest BCUT2D eigenvalue weighted by Gasteiger charge is -2.45. The average molecular weight is 439 g/mol. The Bertz CT molecular complexity index is 1070. The quantitative estimate of drug-likeness (QED) is 0.718. The summed E-state index contributed by atoms with van der Waals surface area (Å²) in [4.78, 5) is 53.4. The number of carbonyl (C=O) groups is 4. The molecule has 2 saturated heterocycles. The van der Waals surface area contributed by atoms with Crippen LogP contribution in [0, 0.1) is 5.82 Å². The highest BCUT2D eigenvalue weighted by atomic mass is 19.1. The zero-order valence-electron chi connectivity index (χ0n) is 17.4. The minimum Gasteiger partial charge on any atom is -0.465 e. The van der Waals surface area contributed by atoms with Crippen molar-refractivity contribution in [1.82, 2.24) is 15.1 Å². The molecular weight excluding hydrogens is 417 g/mol. The number of hydrogen-bond acceptors (Lipinski definition) is 5. The minimum absolute atomic E-state index is 0.0577. The van der Waals surface area contributed by atoms with Crippen LogP contribution < -0.4 is 5.32 Å². The number of methoxy groups -OCH3 is 1. The van der Waals surface area contributed by atoms with Crippen molar-refractivity contribution in [1.29, 1.82) is 0 Å². The molecule has 2 aromatic carbocycles. The molecule has 4 rings (SSSR count). The normalized spacial score (nSPS) is 20.4. The lowest BCUT2D eigenvalue weighted by Crippen LogP contribution is -2.70. The fraction of sp³-hybridized carbons (Fsp3) is 0.304. The van der Waals surface area contributed by atoms with Crippen molar-refractivity contribution in [3.05, 3.63) is 71.0 Å². The molecule has 2 atom stereocenters. The van der Waals surface area contributed by atoms with E-state index in [0.717, 1.165) is 5.56 Å². The standard InChI is InChI=1S/C23H22FN3O5/c1-32-23(31)16-4-2-3-15(12-16)21(29)26-9-10-27-19(13-26)20(28)25-18(22(27)30)11-14-5-7-17(24)8-6-14/h2-8,12,18-19H,9-11,13H2,1H3,(H,25,28)/t18-,19+/m0/s1. The number of hydrogen-bond donors (Lipinski definition) is 1. The van der Waals surface area contributed by atoms with Crippen LogP contribution in [0.2, 0.25) is 0 Å². The topological polar surface area (TPSA) is 96.0 Å². The SMILES string of the molecule is COC(=O)c1cccc(C(=O)N2CCN3C(=O)[C@H](Cc4ccc(F)cc4)NC(=O)[C@H]3C2)c1. The molecule has 8 nitrogen and oxygen atoms in total. The van der Waals surface area contributed by atoms with Crippen molar-refractivity contribution >= 4 is 23.7 Å². The first-order valence-corrected chi connectivity index (χ1v) is 10.2. The molecule has 2 fully saturated rings. The van der Waals surface area contributed by atoms with E-state index < -0.39 is 18.1 Å². The number of amides is 3. The smallest absolute Gasteiger partial charge is 0.337 e. The van der Waals surface area contributed by atoms with Crippen molar-refractivity contribution in [3.63, 3.8) is 0 Å². The molecule has 0 bridgehead atoms. The average Bonchev–Trinajstić information content (AvgIpc) is 2.82. The molecule has 0 spiro atoms. The second-order valence-corrected chi connectivity index (χ2v) is 7.76. The number of nitrogens with zero attached hydrogens (tertiary/aromatic N) is 2. The van der Waals surface area contributed by atoms with Gasteiger partial charge in [-0.05, 0) is 35.9 Å². The molecule has 9 heteroatoms. The van der Waals surface area contributed by atoms with Crippen LogP contribution in [0.3, 0.4) is 0 Å². The largest absolute Gasteiger partial charge is 0.465 e. The summed E-state index contributed by atoms with van der Waals surface area (Å²) in [7, 11) is 1.26. The number of benzene rings is 2. The second-order valence-electron chi connectivity index (χ2n) is 7.76. The maximum Gasteiger partial charge on any atom is 0.337 e. The summed E-state index contributed by atoms with van der Waals surface area (Å²) in [5.74, 6) is -1.81. The van der Waals surface area contributed by atoms with Crippen LogP contribution in [0.5, 0.6) is 0 Å². The molecule has 3 amide bonds. The maximum absolute atomic E-state index is 13.1. The van der Waals surface area contributed by atoms with Gasteiger partial charge < -0.3 is 19.9 Å². The molecule has 0 saturated carbocycles. The molecular formula is C23H22FN3O5. The number of piperazine rings is 2. The third-order valence-electron chi connectivity index (χ3n) is 5.75. The molecule has 0 aliphatic carbocycles. The van der Waals surface area contributed by atoms with Crippen molar-refractivity contribution in [2.45, 2.75) is 18.5 Å². The lowest BCUT2D eigenvalue weighted by atomic mass is 9.98. The lowest BCUT2D eigenvalue weighted by molar-refractivity contribution is -0.152. The first-order chi connectivity index (χ1) is 15.4. The highest BCUT2D eigenvalue weighted by Gasteiger charge is 2.44. The summed E-state index contributed by atoms with van der Waals surface area (Å²) in [5, 5.41) is 2.74. The summed E-state index contributed by atoms with van der Waals surface area (Å²) in [6.45, 7) is 0.543. The van der Waals surface area contributed by atoms with Crippen LogP contribution >= 0.6 is 0 Å². The molecule has 0 unspecified atom stereocenters. The minimum atomic E-state index is -0.784. The number of rotatable bonds is 4. The number of halogens is 1. The van der Waals surface area contributed by atoms with Crippen molar-refractivity contribution in [2.75, 3.05) is 26.7 Å². The molecule has 32 heavy (non-hydrogen) atoms. The van der Waals surface area contributed by atoms with Gasteiger partial charge in [-0.15, -0.1) is 0 Å². The molecule has 2 heterocycles. The van der Waals surface area contributed by atoms with Gasteiger partial charge in [0.2, 0.25) is 11.8 Å². The summed E-state index contributed by atoms with van der Waals surface area (Å²) in [5.41, 5.74) is 1.30. The van der Waals surface area contributed by atoms with Crippen LogP contribution in [-0.4, -0.2) is 72.3 Å². The van der Waals surface area contributed by atoms with Gasteiger partial charge in [-0.25, -0.2) is 9.18 Å². The Hall–Kier alpha value is -3.75. The summed E-state index contributed by atoms with van der Waals surface area (Å²) >= 11 is 0. The van der Waals surface area contributed by atoms with E-state index in [4.69, 9.17) is 4.74 Å². The maximum atomic E-state index is 13.1. The Morgan fingerprint density at radius 1 is 1.09 bits per heavy atom. The Morgan fingerprint density at radius 2 is 1.81 bits per heavy atom. The van der Waals surface area contributed by atoms with E-state index in [2.05, 4.69) is 5.32 Å². The molecule has 2 aliphatic rings. The van der Waals surface area contributed by atoms with Gasteiger partial charge in [0.15, 0.2) is 0 Å². The number of esters is 1. The number of ether oxygens (including phenoxy) is 1. The third-order valence-corrected chi connectivity index (χ3v) is 5.75.